The van der Waals surface area contributed by atoms with Crippen LogP contribution in [0.15, 0.2) is 59.4 Å². The summed E-state index contributed by atoms with van der Waals surface area (Å²) in [5.74, 6) is -0.258. The molecule has 0 aliphatic rings. The Bertz CT molecular complexity index is 908. The molecule has 0 fully saturated rings. The van der Waals surface area contributed by atoms with E-state index >= 15 is 0 Å². The van der Waals surface area contributed by atoms with E-state index in [-0.39, 0.29) is 18.0 Å². The number of rotatable bonds is 7. The maximum Gasteiger partial charge on any atom is 0.278 e. The fourth-order valence-corrected chi connectivity index (χ4v) is 2.42. The zero-order valence-corrected chi connectivity index (χ0v) is 13.7. The Balaban J connectivity index is 1.46. The normalized spacial score (nSPS) is 10.6. The highest BCUT2D eigenvalue weighted by atomic mass is 16.2. The topological polar surface area (TPSA) is 88.9 Å². The average molecular weight is 337 g/mol. The summed E-state index contributed by atoms with van der Waals surface area (Å²) >= 11 is 0. The third kappa shape index (κ3) is 4.41. The summed E-state index contributed by atoms with van der Waals surface area (Å²) in [5.41, 5.74) is 1.26. The fourth-order valence-electron chi connectivity index (χ4n) is 2.42. The van der Waals surface area contributed by atoms with Crippen LogP contribution >= 0.6 is 0 Å². The van der Waals surface area contributed by atoms with Crippen LogP contribution in [0.4, 0.5) is 5.69 Å². The zero-order valence-electron chi connectivity index (χ0n) is 13.7. The second kappa shape index (κ2) is 8.05. The van der Waals surface area contributed by atoms with Crippen molar-refractivity contribution >= 4 is 22.5 Å². The van der Waals surface area contributed by atoms with Gasteiger partial charge in [-0.3, -0.25) is 9.59 Å². The maximum atomic E-state index is 12.3. The molecule has 2 aromatic carbocycles. The van der Waals surface area contributed by atoms with E-state index in [0.29, 0.717) is 17.4 Å². The second-order valence-electron chi connectivity index (χ2n) is 5.57. The molecule has 25 heavy (non-hydrogen) atoms. The number of benzene rings is 2. The number of amides is 1. The Morgan fingerprint density at radius 2 is 1.76 bits per heavy atom. The van der Waals surface area contributed by atoms with Crippen molar-refractivity contribution < 1.29 is 4.79 Å². The lowest BCUT2D eigenvalue weighted by molar-refractivity contribution is -0.121. The number of nitrogens with one attached hydrogen (secondary N) is 2. The van der Waals surface area contributed by atoms with Crippen molar-refractivity contribution in [2.24, 2.45) is 0 Å². The van der Waals surface area contributed by atoms with Crippen LogP contribution in [0.25, 0.3) is 10.9 Å². The van der Waals surface area contributed by atoms with Crippen LogP contribution in [0.1, 0.15) is 6.42 Å². The van der Waals surface area contributed by atoms with Gasteiger partial charge in [0.25, 0.3) is 5.56 Å². The van der Waals surface area contributed by atoms with Gasteiger partial charge in [0, 0.05) is 18.8 Å². The van der Waals surface area contributed by atoms with Crippen molar-refractivity contribution in [3.05, 3.63) is 65.0 Å². The number of nitrogens with zero attached hydrogens (tertiary/aromatic N) is 3. The van der Waals surface area contributed by atoms with E-state index in [2.05, 4.69) is 20.9 Å². The molecular weight excluding hydrogens is 318 g/mol. The lowest BCUT2D eigenvalue weighted by Crippen LogP contribution is -2.35. The molecule has 0 saturated heterocycles. The van der Waals surface area contributed by atoms with Crippen molar-refractivity contribution in [2.45, 2.75) is 13.0 Å². The number of para-hydroxylation sites is 1. The first-order chi connectivity index (χ1) is 12.2. The van der Waals surface area contributed by atoms with Crippen LogP contribution in [-0.2, 0) is 11.3 Å². The van der Waals surface area contributed by atoms with Gasteiger partial charge in [-0.2, -0.15) is 0 Å². The van der Waals surface area contributed by atoms with Crippen molar-refractivity contribution in [3.8, 4) is 0 Å². The number of carbonyl (C=O) groups is 1. The van der Waals surface area contributed by atoms with Gasteiger partial charge in [-0.15, -0.1) is 5.10 Å². The van der Waals surface area contributed by atoms with Gasteiger partial charge in [0.15, 0.2) is 0 Å². The van der Waals surface area contributed by atoms with E-state index in [0.717, 1.165) is 23.3 Å². The molecule has 0 radical (unpaired) electrons. The smallest absolute Gasteiger partial charge is 0.278 e. The van der Waals surface area contributed by atoms with Crippen LogP contribution in [0, 0.1) is 0 Å². The minimum Gasteiger partial charge on any atom is -0.385 e. The molecule has 7 heteroatoms. The van der Waals surface area contributed by atoms with E-state index in [9.17, 15) is 9.59 Å². The molecule has 3 rings (SSSR count). The quantitative estimate of drug-likeness (QED) is 0.636. The van der Waals surface area contributed by atoms with Crippen molar-refractivity contribution in [2.75, 3.05) is 18.4 Å². The minimum atomic E-state index is -0.313. The van der Waals surface area contributed by atoms with Gasteiger partial charge in [0.1, 0.15) is 12.1 Å². The van der Waals surface area contributed by atoms with Crippen molar-refractivity contribution in [1.82, 2.24) is 20.3 Å². The summed E-state index contributed by atoms with van der Waals surface area (Å²) in [6, 6.07) is 16.8. The van der Waals surface area contributed by atoms with Crippen LogP contribution in [-0.4, -0.2) is 34.0 Å². The van der Waals surface area contributed by atoms with E-state index in [1.165, 1.54) is 0 Å². The fraction of sp³-hybridized carbons (Fsp3) is 0.222. The highest BCUT2D eigenvalue weighted by Gasteiger charge is 2.08. The summed E-state index contributed by atoms with van der Waals surface area (Å²) in [7, 11) is 0. The molecule has 2 N–H and O–H groups in total. The average Bonchev–Trinajstić information content (AvgIpc) is 2.65. The van der Waals surface area contributed by atoms with Gasteiger partial charge in [0.2, 0.25) is 5.91 Å². The summed E-state index contributed by atoms with van der Waals surface area (Å²) in [4.78, 5) is 24.2. The Morgan fingerprint density at radius 3 is 2.60 bits per heavy atom. The molecule has 1 heterocycles. The molecule has 0 unspecified atom stereocenters. The van der Waals surface area contributed by atoms with Gasteiger partial charge in [-0.05, 0) is 30.7 Å². The van der Waals surface area contributed by atoms with E-state index in [1.54, 1.807) is 24.3 Å². The molecule has 7 nitrogen and oxygen atoms in total. The van der Waals surface area contributed by atoms with Crippen LogP contribution in [0.2, 0.25) is 0 Å². The Morgan fingerprint density at radius 1 is 1.00 bits per heavy atom. The molecule has 0 saturated carbocycles. The molecule has 0 aliphatic carbocycles. The maximum absolute atomic E-state index is 12.3. The highest BCUT2D eigenvalue weighted by Crippen LogP contribution is 2.04. The molecule has 0 atom stereocenters. The Labute approximate surface area is 144 Å². The minimum absolute atomic E-state index is 0.136. The monoisotopic (exact) mass is 337 g/mol. The van der Waals surface area contributed by atoms with Crippen LogP contribution in [0.5, 0.6) is 0 Å². The number of hydrogen-bond donors (Lipinski definition) is 2. The molecule has 3 aromatic rings. The molecule has 0 spiro atoms. The van der Waals surface area contributed by atoms with E-state index < -0.39 is 0 Å². The highest BCUT2D eigenvalue weighted by molar-refractivity contribution is 5.78. The zero-order chi connectivity index (χ0) is 17.5. The molecule has 1 amide bonds. The number of carbonyl (C=O) groups excluding carboxylic acids is 1. The first-order valence-electron chi connectivity index (χ1n) is 8.12. The van der Waals surface area contributed by atoms with Gasteiger partial charge in [-0.25, -0.2) is 4.68 Å². The Hall–Kier alpha value is -3.22. The third-order valence-corrected chi connectivity index (χ3v) is 3.70. The van der Waals surface area contributed by atoms with Crippen LogP contribution < -0.4 is 16.2 Å². The van der Waals surface area contributed by atoms with Crippen LogP contribution in [0.3, 0.4) is 0 Å². The molecule has 128 valence electrons. The number of fused-ring (bicyclic) bond motifs is 1. The third-order valence-electron chi connectivity index (χ3n) is 3.70. The summed E-state index contributed by atoms with van der Waals surface area (Å²) in [6.45, 7) is 1.14. The molecule has 0 aliphatic heterocycles. The molecular formula is C18H19N5O2. The van der Waals surface area contributed by atoms with Gasteiger partial charge in [-0.1, -0.05) is 35.5 Å². The summed E-state index contributed by atoms with van der Waals surface area (Å²) < 4.78 is 1.08. The summed E-state index contributed by atoms with van der Waals surface area (Å²) in [5, 5.41) is 14.3. The Kier molecular flexibility index (Phi) is 5.36. The lowest BCUT2D eigenvalue weighted by atomic mass is 10.2. The number of aromatic nitrogens is 3. The van der Waals surface area contributed by atoms with E-state index in [4.69, 9.17) is 0 Å². The summed E-state index contributed by atoms with van der Waals surface area (Å²) in [6.07, 6.45) is 0.777. The molecule has 1 aromatic heterocycles. The standard InChI is InChI=1S/C18H19N5O2/c24-17(20-12-6-11-19-14-7-2-1-3-8-14)13-23-18(25)15-9-4-5-10-16(15)21-22-23/h1-5,7-10,19H,6,11-13H2,(H,20,24). The van der Waals surface area contributed by atoms with Gasteiger partial charge < -0.3 is 10.6 Å². The van der Waals surface area contributed by atoms with Crippen molar-refractivity contribution in [1.29, 1.82) is 0 Å². The predicted molar refractivity (Wildman–Crippen MR) is 96.4 cm³/mol. The lowest BCUT2D eigenvalue weighted by Gasteiger charge is -2.08. The SMILES string of the molecule is O=C(Cn1nnc2ccccc2c1=O)NCCCNc1ccccc1. The van der Waals surface area contributed by atoms with Gasteiger partial charge in [0.05, 0.1) is 5.39 Å². The van der Waals surface area contributed by atoms with E-state index in [1.807, 2.05) is 30.3 Å². The largest absolute Gasteiger partial charge is 0.385 e. The molecule has 0 bridgehead atoms. The first kappa shape index (κ1) is 16.6. The predicted octanol–water partition coefficient (Wildman–Crippen LogP) is 1.41. The number of hydrogen-bond acceptors (Lipinski definition) is 5. The van der Waals surface area contributed by atoms with Gasteiger partial charge >= 0.3 is 0 Å². The first-order valence-corrected chi connectivity index (χ1v) is 8.12. The van der Waals surface area contributed by atoms with Crippen molar-refractivity contribution in [3.63, 3.8) is 0 Å². The second-order valence-corrected chi connectivity index (χ2v) is 5.57. The number of anilines is 1.